The Morgan fingerprint density at radius 3 is 1.86 bits per heavy atom. The topological polar surface area (TPSA) is 367 Å². The predicted octanol–water partition coefficient (Wildman–Crippen LogP) is -9.13. The Hall–Kier alpha value is -1.90. The fourth-order valence-corrected chi connectivity index (χ4v) is 4.69. The van der Waals surface area contributed by atoms with E-state index in [-0.39, 0.29) is 0 Å². The smallest absolute Gasteiger partial charge is 0.328 e. The first kappa shape index (κ1) is 34.6. The fraction of sp³-hybridized carbons (Fsp3) is 0.905. The Bertz CT molecular complexity index is 920. The number of esters is 1. The van der Waals surface area contributed by atoms with E-state index >= 15 is 0 Å². The summed E-state index contributed by atoms with van der Waals surface area (Å²) in [4.78, 5) is 23.1. The standard InChI is InChI=1S/C21H39N5O16/c22-8-11(31)14(5(2-27)37-17(8)35)39-18-9(23)12(32)15(6(3-28)38-18)40-19-10(24)13(33)16(34)21(4-29,42-19)41-7(30)1-26-20(25)36/h5-6,8-19,27-29,31-35H,1-4,22-24H2,(H3,25,26,36)/t5-,6-,8-,9-,10-,11-,12-,13-,14?,15?,16+,17-,18+,19+,21+/m1/s1. The first-order valence-electron chi connectivity index (χ1n) is 12.8. The van der Waals surface area contributed by atoms with E-state index in [4.69, 9.17) is 51.4 Å². The lowest BCUT2D eigenvalue weighted by atomic mass is 9.93. The van der Waals surface area contributed by atoms with Crippen molar-refractivity contribution in [2.75, 3.05) is 26.4 Å². The lowest BCUT2D eigenvalue weighted by Crippen LogP contribution is -2.72. The molecular formula is C21H39N5O16. The van der Waals surface area contributed by atoms with E-state index in [0.29, 0.717) is 0 Å². The highest BCUT2D eigenvalue weighted by atomic mass is 16.8. The molecule has 2 unspecified atom stereocenters. The third-order valence-corrected chi connectivity index (χ3v) is 7.12. The van der Waals surface area contributed by atoms with Crippen LogP contribution >= 0.6 is 0 Å². The highest BCUT2D eigenvalue weighted by molar-refractivity contribution is 5.79. The maximum atomic E-state index is 12.2. The first-order valence-corrected chi connectivity index (χ1v) is 12.8. The largest absolute Gasteiger partial charge is 0.426 e. The summed E-state index contributed by atoms with van der Waals surface area (Å²) in [7, 11) is 0. The molecule has 15 atom stereocenters. The Morgan fingerprint density at radius 1 is 0.786 bits per heavy atom. The number of aliphatic hydroxyl groups excluding tert-OH is 8. The van der Waals surface area contributed by atoms with Gasteiger partial charge in [0.05, 0.1) is 31.3 Å². The molecule has 3 rings (SSSR count). The molecule has 244 valence electrons. The number of carbonyl (C=O) groups is 2. The number of hydrogen-bond acceptors (Lipinski definition) is 19. The summed E-state index contributed by atoms with van der Waals surface area (Å²) in [5.41, 5.74) is 22.6. The lowest BCUT2D eigenvalue weighted by molar-refractivity contribution is -0.399. The van der Waals surface area contributed by atoms with Crippen molar-refractivity contribution >= 4 is 12.0 Å². The quantitative estimate of drug-likeness (QED) is 0.101. The van der Waals surface area contributed by atoms with Crippen molar-refractivity contribution in [1.82, 2.24) is 5.32 Å². The third-order valence-electron chi connectivity index (χ3n) is 7.12. The summed E-state index contributed by atoms with van der Waals surface area (Å²) in [6.07, 6.45) is -18.1. The van der Waals surface area contributed by atoms with Crippen molar-refractivity contribution in [3.05, 3.63) is 0 Å². The van der Waals surface area contributed by atoms with Gasteiger partial charge in [-0.25, -0.2) is 4.79 Å². The van der Waals surface area contributed by atoms with Gasteiger partial charge in [-0.1, -0.05) is 0 Å². The van der Waals surface area contributed by atoms with E-state index in [1.807, 2.05) is 5.32 Å². The predicted molar refractivity (Wildman–Crippen MR) is 130 cm³/mol. The highest BCUT2D eigenvalue weighted by Crippen LogP contribution is 2.34. The van der Waals surface area contributed by atoms with Crippen molar-refractivity contribution in [3.8, 4) is 0 Å². The van der Waals surface area contributed by atoms with E-state index in [1.54, 1.807) is 0 Å². The van der Waals surface area contributed by atoms with Crippen LogP contribution in [0.1, 0.15) is 0 Å². The molecule has 2 amide bonds. The molecule has 3 saturated heterocycles. The summed E-state index contributed by atoms with van der Waals surface area (Å²) in [6.45, 7) is -3.60. The average molecular weight is 618 g/mol. The van der Waals surface area contributed by atoms with Crippen LogP contribution < -0.4 is 28.3 Å². The number of ether oxygens (including phenoxy) is 6. The van der Waals surface area contributed by atoms with Crippen molar-refractivity contribution in [2.24, 2.45) is 22.9 Å². The number of carbonyl (C=O) groups excluding carboxylic acids is 2. The van der Waals surface area contributed by atoms with Gasteiger partial charge in [0.25, 0.3) is 5.79 Å². The molecule has 42 heavy (non-hydrogen) atoms. The zero-order valence-corrected chi connectivity index (χ0v) is 22.1. The van der Waals surface area contributed by atoms with E-state index in [1.165, 1.54) is 0 Å². The number of urea groups is 1. The molecular weight excluding hydrogens is 578 g/mol. The monoisotopic (exact) mass is 617 g/mol. The number of amides is 2. The van der Waals surface area contributed by atoms with E-state index in [9.17, 15) is 50.4 Å². The Balaban J connectivity index is 1.77. The van der Waals surface area contributed by atoms with Gasteiger partial charge in [0, 0.05) is 0 Å². The van der Waals surface area contributed by atoms with Gasteiger partial charge in [-0.2, -0.15) is 0 Å². The van der Waals surface area contributed by atoms with Gasteiger partial charge >= 0.3 is 12.0 Å². The van der Waals surface area contributed by atoms with Gasteiger partial charge in [-0.3, -0.25) is 4.79 Å². The number of nitrogens with one attached hydrogen (secondary N) is 1. The summed E-state index contributed by atoms with van der Waals surface area (Å²) in [6, 6.07) is -5.50. The highest BCUT2D eigenvalue weighted by Gasteiger charge is 2.58. The molecule has 0 saturated carbocycles. The van der Waals surface area contributed by atoms with Crippen molar-refractivity contribution < 1.29 is 78.9 Å². The van der Waals surface area contributed by atoms with Crippen LogP contribution in [-0.2, 0) is 33.2 Å². The molecule has 0 aliphatic carbocycles. The first-order chi connectivity index (χ1) is 19.7. The second kappa shape index (κ2) is 14.3. The van der Waals surface area contributed by atoms with E-state index in [0.717, 1.165) is 0 Å². The molecule has 17 N–H and O–H groups in total. The van der Waals surface area contributed by atoms with Crippen LogP contribution in [0.25, 0.3) is 0 Å². The average Bonchev–Trinajstić information content (AvgIpc) is 2.96. The minimum atomic E-state index is -2.67. The molecule has 0 spiro atoms. The Labute approximate surface area is 237 Å². The van der Waals surface area contributed by atoms with E-state index < -0.39 is 130 Å². The minimum Gasteiger partial charge on any atom is -0.426 e. The zero-order valence-electron chi connectivity index (χ0n) is 22.1. The fourth-order valence-electron chi connectivity index (χ4n) is 4.69. The Kier molecular flexibility index (Phi) is 11.7. The molecule has 3 fully saturated rings. The molecule has 0 aromatic heterocycles. The summed E-state index contributed by atoms with van der Waals surface area (Å²) >= 11 is 0. The van der Waals surface area contributed by atoms with Crippen LogP contribution in [0.5, 0.6) is 0 Å². The van der Waals surface area contributed by atoms with Crippen molar-refractivity contribution in [2.45, 2.75) is 91.6 Å². The van der Waals surface area contributed by atoms with Crippen LogP contribution in [0.4, 0.5) is 4.79 Å². The molecule has 3 aliphatic rings. The maximum absolute atomic E-state index is 12.2. The van der Waals surface area contributed by atoms with Crippen LogP contribution in [0, 0.1) is 0 Å². The summed E-state index contributed by atoms with van der Waals surface area (Å²) < 4.78 is 32.5. The maximum Gasteiger partial charge on any atom is 0.328 e. The van der Waals surface area contributed by atoms with Gasteiger partial charge in [-0.05, 0) is 0 Å². The summed E-state index contributed by atoms with van der Waals surface area (Å²) in [5.74, 6) is -3.92. The van der Waals surface area contributed by atoms with Crippen LogP contribution in [0.3, 0.4) is 0 Å². The SMILES string of the molecule is NC(=O)NCC(=O)O[C@@]1(CO)O[C@H](OC2[C@@H](CO)O[C@@H](OC3[C@@H](CO)O[C@@H](O)[C@H](N)[C@H]3O)[C@H](N)[C@H]2O)[C@H](N)[C@@H](O)[C@@H]1O. The molecule has 3 aliphatic heterocycles. The van der Waals surface area contributed by atoms with Crippen molar-refractivity contribution in [3.63, 3.8) is 0 Å². The molecule has 3 heterocycles. The number of aliphatic hydroxyl groups is 8. The van der Waals surface area contributed by atoms with Gasteiger partial charge in [0.2, 0.25) is 0 Å². The number of nitrogens with two attached hydrogens (primary N) is 4. The van der Waals surface area contributed by atoms with Crippen molar-refractivity contribution in [1.29, 1.82) is 0 Å². The number of rotatable bonds is 10. The van der Waals surface area contributed by atoms with Crippen LogP contribution in [-0.4, -0.2) is 171 Å². The van der Waals surface area contributed by atoms with Gasteiger partial charge in [-0.15, -0.1) is 0 Å². The number of hydrogen-bond donors (Lipinski definition) is 13. The molecule has 21 heteroatoms. The second-order valence-electron chi connectivity index (χ2n) is 9.97. The minimum absolute atomic E-state index is 0.716. The Morgan fingerprint density at radius 2 is 1.31 bits per heavy atom. The number of primary amides is 1. The molecule has 0 aromatic carbocycles. The van der Waals surface area contributed by atoms with Gasteiger partial charge < -0.3 is 97.5 Å². The normalized spacial score (nSPS) is 46.2. The molecule has 0 aromatic rings. The summed E-state index contributed by atoms with van der Waals surface area (Å²) in [5, 5.41) is 83.7. The second-order valence-corrected chi connectivity index (χ2v) is 9.97. The lowest BCUT2D eigenvalue weighted by Gasteiger charge is -2.50. The molecule has 0 bridgehead atoms. The van der Waals surface area contributed by atoms with Crippen LogP contribution in [0.2, 0.25) is 0 Å². The zero-order chi connectivity index (χ0) is 31.5. The van der Waals surface area contributed by atoms with Crippen LogP contribution in [0.15, 0.2) is 0 Å². The van der Waals surface area contributed by atoms with E-state index in [2.05, 4.69) is 0 Å². The molecule has 0 radical (unpaired) electrons. The van der Waals surface area contributed by atoms with Gasteiger partial charge in [0.15, 0.2) is 18.9 Å². The van der Waals surface area contributed by atoms with Gasteiger partial charge in [0.1, 0.15) is 62.0 Å². The third kappa shape index (κ3) is 7.07. The molecule has 21 nitrogen and oxygen atoms in total.